The quantitative estimate of drug-likeness (QED) is 0.0801. The Labute approximate surface area is 310 Å². The average Bonchev–Trinajstić information content (AvgIpc) is 3.17. The first-order chi connectivity index (χ1) is 25.2. The SMILES string of the molecule is COC(=O)[C@H](Cc1ccccc1)NC(=O)c1ccc(O)c(C=NCCN=Cc2cc(C(=O)N[C@@H](Cc3ccccc3)C(=O)OC)ccc2O)c1.[O]=[V]. The van der Waals surface area contributed by atoms with E-state index < -0.39 is 35.8 Å². The Bertz CT molecular complexity index is 1740. The van der Waals surface area contributed by atoms with E-state index in [4.69, 9.17) is 13.1 Å². The molecule has 0 aliphatic rings. The predicted octanol–water partition coefficient (Wildman–Crippen LogP) is 3.54. The van der Waals surface area contributed by atoms with Gasteiger partial charge in [0.05, 0.1) is 27.3 Å². The minimum absolute atomic E-state index is 0.0965. The van der Waals surface area contributed by atoms with Crippen molar-refractivity contribution in [1.82, 2.24) is 10.6 Å². The van der Waals surface area contributed by atoms with Crippen LogP contribution in [0.3, 0.4) is 0 Å². The molecular weight excluding hydrogens is 707 g/mol. The molecule has 0 spiro atoms. The average molecular weight is 746 g/mol. The summed E-state index contributed by atoms with van der Waals surface area (Å²) in [5.41, 5.74) is 2.69. The van der Waals surface area contributed by atoms with Crippen molar-refractivity contribution in [3.05, 3.63) is 130 Å². The number of aliphatic imine (C=N–C) groups is 2. The monoisotopic (exact) mass is 745 g/mol. The molecule has 0 bridgehead atoms. The molecule has 0 saturated carbocycles. The summed E-state index contributed by atoms with van der Waals surface area (Å²) in [6, 6.07) is 25.1. The van der Waals surface area contributed by atoms with Crippen molar-refractivity contribution in [3.63, 3.8) is 0 Å². The Morgan fingerprint density at radius 2 is 1.00 bits per heavy atom. The zero-order valence-corrected chi connectivity index (χ0v) is 29.9. The van der Waals surface area contributed by atoms with E-state index in [1.54, 1.807) is 0 Å². The second-order valence-corrected chi connectivity index (χ2v) is 11.1. The molecule has 14 heteroatoms. The van der Waals surface area contributed by atoms with E-state index in [1.165, 1.54) is 63.0 Å². The summed E-state index contributed by atoms with van der Waals surface area (Å²) in [5.74, 6) is -2.41. The van der Waals surface area contributed by atoms with Gasteiger partial charge in [-0.3, -0.25) is 19.6 Å². The van der Waals surface area contributed by atoms with Crippen LogP contribution in [0.5, 0.6) is 11.5 Å². The number of benzene rings is 4. The number of carbonyl (C=O) groups excluding carboxylic acids is 4. The molecule has 0 radical (unpaired) electrons. The number of amides is 2. The maximum absolute atomic E-state index is 13.0. The molecule has 4 aromatic rings. The zero-order valence-electron chi connectivity index (χ0n) is 28.5. The molecule has 0 heterocycles. The van der Waals surface area contributed by atoms with Gasteiger partial charge in [-0.05, 0) is 47.5 Å². The van der Waals surface area contributed by atoms with Gasteiger partial charge in [0.25, 0.3) is 11.8 Å². The van der Waals surface area contributed by atoms with Gasteiger partial charge in [-0.25, -0.2) is 9.59 Å². The Morgan fingerprint density at radius 1 is 0.635 bits per heavy atom. The van der Waals surface area contributed by atoms with Gasteiger partial charge in [-0.2, -0.15) is 0 Å². The summed E-state index contributed by atoms with van der Waals surface area (Å²) in [6.45, 7) is 0.407. The maximum atomic E-state index is 13.0. The first-order valence-electron chi connectivity index (χ1n) is 15.9. The molecule has 4 N–H and O–H groups in total. The van der Waals surface area contributed by atoms with Crippen LogP contribution in [0.4, 0.5) is 0 Å². The van der Waals surface area contributed by atoms with Gasteiger partial charge in [0.2, 0.25) is 0 Å². The molecule has 0 aliphatic heterocycles. The van der Waals surface area contributed by atoms with Crippen molar-refractivity contribution < 1.29 is 59.9 Å². The number of aromatic hydroxyl groups is 2. The van der Waals surface area contributed by atoms with Crippen molar-refractivity contribution in [3.8, 4) is 11.5 Å². The third-order valence-electron chi connectivity index (χ3n) is 7.55. The van der Waals surface area contributed by atoms with E-state index in [-0.39, 0.29) is 59.7 Å². The predicted molar refractivity (Wildman–Crippen MR) is 189 cm³/mol. The Hall–Kier alpha value is -5.92. The van der Waals surface area contributed by atoms with Gasteiger partial charge >= 0.3 is 33.0 Å². The molecule has 0 aliphatic carbocycles. The van der Waals surface area contributed by atoms with E-state index in [2.05, 4.69) is 20.6 Å². The summed E-state index contributed by atoms with van der Waals surface area (Å²) < 4.78 is 17.9. The molecule has 0 fully saturated rings. The topological polar surface area (TPSA) is 193 Å². The summed E-state index contributed by atoms with van der Waals surface area (Å²) in [4.78, 5) is 59.3. The number of phenolic OH excluding ortho intramolecular Hbond substituents is 2. The molecule has 2 amide bonds. The zero-order chi connectivity index (χ0) is 37.9. The number of rotatable bonds is 15. The molecule has 0 saturated heterocycles. The number of ether oxygens (including phenoxy) is 2. The molecule has 13 nitrogen and oxygen atoms in total. The Morgan fingerprint density at radius 3 is 1.35 bits per heavy atom. The fourth-order valence-electron chi connectivity index (χ4n) is 4.89. The third-order valence-corrected chi connectivity index (χ3v) is 7.55. The van der Waals surface area contributed by atoms with Gasteiger partial charge in [-0.1, -0.05) is 60.7 Å². The molecule has 0 aromatic heterocycles. The Balaban J connectivity index is 0.00000358. The number of nitrogens with one attached hydrogen (secondary N) is 2. The number of phenols is 2. The number of carbonyl (C=O) groups is 4. The molecule has 52 heavy (non-hydrogen) atoms. The van der Waals surface area contributed by atoms with E-state index in [0.29, 0.717) is 0 Å². The van der Waals surface area contributed by atoms with Crippen molar-refractivity contribution in [2.45, 2.75) is 24.9 Å². The number of esters is 2. The van der Waals surface area contributed by atoms with Crippen molar-refractivity contribution >= 4 is 36.2 Å². The van der Waals surface area contributed by atoms with Crippen LogP contribution in [0.15, 0.2) is 107 Å². The van der Waals surface area contributed by atoms with Crippen LogP contribution in [0.2, 0.25) is 0 Å². The molecule has 4 rings (SSSR count). The van der Waals surface area contributed by atoms with E-state index in [1.807, 2.05) is 60.7 Å². The van der Waals surface area contributed by atoms with Crippen LogP contribution in [-0.4, -0.2) is 85.8 Å². The van der Waals surface area contributed by atoms with Crippen LogP contribution in [-0.2, 0) is 52.9 Å². The number of hydrogen-bond donors (Lipinski definition) is 4. The van der Waals surface area contributed by atoms with Crippen LogP contribution < -0.4 is 10.6 Å². The van der Waals surface area contributed by atoms with Crippen LogP contribution in [0.25, 0.3) is 0 Å². The second-order valence-electron chi connectivity index (χ2n) is 11.1. The van der Waals surface area contributed by atoms with Gasteiger partial charge in [0.1, 0.15) is 23.6 Å². The van der Waals surface area contributed by atoms with Crippen LogP contribution >= 0.6 is 0 Å². The van der Waals surface area contributed by atoms with Crippen molar-refractivity contribution in [2.24, 2.45) is 9.98 Å². The molecule has 4 aromatic carbocycles. The van der Waals surface area contributed by atoms with Crippen LogP contribution in [0.1, 0.15) is 43.0 Å². The first kappa shape index (κ1) is 40.5. The summed E-state index contributed by atoms with van der Waals surface area (Å²) in [6.07, 6.45) is 3.29. The fraction of sp³-hybridized carbons (Fsp3) is 0.211. The normalized spacial score (nSPS) is 11.9. The summed E-state index contributed by atoms with van der Waals surface area (Å²) in [5, 5.41) is 26.1. The second kappa shape index (κ2) is 21.3. The van der Waals surface area contributed by atoms with E-state index >= 15 is 0 Å². The van der Waals surface area contributed by atoms with Crippen molar-refractivity contribution in [2.75, 3.05) is 27.3 Å². The van der Waals surface area contributed by atoms with E-state index in [0.717, 1.165) is 28.5 Å². The van der Waals surface area contributed by atoms with Gasteiger partial charge in [0, 0.05) is 47.5 Å². The number of hydrogen-bond acceptors (Lipinski definition) is 11. The van der Waals surface area contributed by atoms with Crippen LogP contribution in [0, 0.1) is 0 Å². The van der Waals surface area contributed by atoms with Gasteiger partial charge in [-0.15, -0.1) is 0 Å². The van der Waals surface area contributed by atoms with Gasteiger partial charge in [0.15, 0.2) is 0 Å². The summed E-state index contributed by atoms with van der Waals surface area (Å²) >= 11 is 1.06. The summed E-state index contributed by atoms with van der Waals surface area (Å²) in [7, 11) is 2.50. The molecule has 2 atom stereocenters. The third kappa shape index (κ3) is 12.4. The number of nitrogens with zero attached hydrogens (tertiary/aromatic N) is 2. The molecule has 0 unspecified atom stereocenters. The Kier molecular flexibility index (Phi) is 16.6. The minimum atomic E-state index is -0.912. The fourth-order valence-corrected chi connectivity index (χ4v) is 4.89. The van der Waals surface area contributed by atoms with Crippen molar-refractivity contribution in [1.29, 1.82) is 0 Å². The first-order valence-corrected chi connectivity index (χ1v) is 16.4. The van der Waals surface area contributed by atoms with Gasteiger partial charge < -0.3 is 30.3 Å². The standard InChI is InChI=1S/C38H38N4O8.O.V/c1-49-37(47)31(19-25-9-5-3-6-10-25)41-35(45)27-13-15-33(43)29(21-27)23-39-17-18-40-24-30-22-28(14-16-34(30)44)36(46)42-32(38(48)50-2)20-26-11-7-4-8-12-26;;/h3-16,21-24,31-32,43-44H,17-20H2,1-2H3,(H,41,45)(H,42,46);;/t31-,32-;;/m0../s1. The molecular formula is C38H38N4O9V. The van der Waals surface area contributed by atoms with E-state index in [9.17, 15) is 29.4 Å². The molecule has 269 valence electrons. The number of methoxy groups -OCH3 is 2.